The number of thiol groups is 1. The highest BCUT2D eigenvalue weighted by Gasteiger charge is 2.04. The first-order valence-electron chi connectivity index (χ1n) is 6.93. The lowest BCUT2D eigenvalue weighted by Gasteiger charge is -2.04. The molecule has 0 atom stereocenters. The van der Waals surface area contributed by atoms with Crippen LogP contribution in [0.1, 0.15) is 5.56 Å². The minimum absolute atomic E-state index is 0.209. The number of carbonyl (C=O) groups is 1. The van der Waals surface area contributed by atoms with E-state index in [1.165, 1.54) is 6.08 Å². The van der Waals surface area contributed by atoms with Crippen LogP contribution in [0.25, 0.3) is 17.2 Å². The van der Waals surface area contributed by atoms with Crippen LogP contribution in [0.2, 0.25) is 0 Å². The van der Waals surface area contributed by atoms with Gasteiger partial charge in [0.1, 0.15) is 0 Å². The van der Waals surface area contributed by atoms with Crippen molar-refractivity contribution in [3.8, 4) is 11.1 Å². The maximum Gasteiger partial charge on any atom is 0.248 e. The van der Waals surface area contributed by atoms with Gasteiger partial charge in [0.05, 0.1) is 6.20 Å². The highest BCUT2D eigenvalue weighted by atomic mass is 32.1. The summed E-state index contributed by atoms with van der Waals surface area (Å²) in [6, 6.07) is 9.12. The van der Waals surface area contributed by atoms with Crippen molar-refractivity contribution in [3.63, 3.8) is 0 Å². The molecule has 1 aromatic carbocycles. The zero-order chi connectivity index (χ0) is 16.1. The molecular formula is C17H14N4OS. The number of nitrogens with one attached hydrogen (secondary N) is 2. The van der Waals surface area contributed by atoms with Gasteiger partial charge in [-0.15, -0.1) is 12.6 Å². The lowest BCUT2D eigenvalue weighted by atomic mass is 10.1. The minimum atomic E-state index is -0.209. The third-order valence-electron chi connectivity index (χ3n) is 3.21. The average Bonchev–Trinajstić information content (AvgIpc) is 3.10. The van der Waals surface area contributed by atoms with Gasteiger partial charge in [-0.1, -0.05) is 0 Å². The first-order valence-corrected chi connectivity index (χ1v) is 7.38. The molecule has 114 valence electrons. The van der Waals surface area contributed by atoms with Crippen molar-refractivity contribution in [2.75, 3.05) is 5.32 Å². The highest BCUT2D eigenvalue weighted by Crippen LogP contribution is 2.22. The Bertz CT molecular complexity index is 826. The molecule has 3 aromatic rings. The van der Waals surface area contributed by atoms with Crippen LogP contribution in [0.4, 0.5) is 5.69 Å². The average molecular weight is 322 g/mol. The van der Waals surface area contributed by atoms with E-state index in [1.807, 2.05) is 18.2 Å². The number of carbonyl (C=O) groups excluding carboxylic acids is 1. The lowest BCUT2D eigenvalue weighted by molar-refractivity contribution is -0.111. The Labute approximate surface area is 138 Å². The van der Waals surface area contributed by atoms with Crippen molar-refractivity contribution in [3.05, 3.63) is 66.8 Å². The molecule has 0 saturated heterocycles. The van der Waals surface area contributed by atoms with Crippen LogP contribution in [-0.4, -0.2) is 21.1 Å². The predicted octanol–water partition coefficient (Wildman–Crippen LogP) is 3.41. The molecule has 2 heterocycles. The highest BCUT2D eigenvalue weighted by molar-refractivity contribution is 7.80. The Morgan fingerprint density at radius 3 is 2.74 bits per heavy atom. The quantitative estimate of drug-likeness (QED) is 0.509. The Kier molecular flexibility index (Phi) is 4.54. The largest absolute Gasteiger partial charge is 0.323 e. The smallest absolute Gasteiger partial charge is 0.248 e. The fourth-order valence-corrected chi connectivity index (χ4v) is 2.24. The van der Waals surface area contributed by atoms with E-state index < -0.39 is 0 Å². The third-order valence-corrected chi connectivity index (χ3v) is 3.51. The van der Waals surface area contributed by atoms with Crippen molar-refractivity contribution in [1.82, 2.24) is 15.2 Å². The van der Waals surface area contributed by atoms with Gasteiger partial charge < -0.3 is 5.32 Å². The summed E-state index contributed by atoms with van der Waals surface area (Å²) in [7, 11) is 0. The van der Waals surface area contributed by atoms with Crippen LogP contribution in [0, 0.1) is 0 Å². The van der Waals surface area contributed by atoms with Gasteiger partial charge in [-0.3, -0.25) is 14.9 Å². The van der Waals surface area contributed by atoms with Gasteiger partial charge in [-0.2, -0.15) is 5.10 Å². The number of amides is 1. The molecule has 0 aliphatic carbocycles. The monoisotopic (exact) mass is 322 g/mol. The molecule has 2 aromatic heterocycles. The van der Waals surface area contributed by atoms with Gasteiger partial charge in [0.25, 0.3) is 0 Å². The summed E-state index contributed by atoms with van der Waals surface area (Å²) in [4.78, 5) is 17.0. The maximum absolute atomic E-state index is 12.0. The van der Waals surface area contributed by atoms with E-state index >= 15 is 0 Å². The van der Waals surface area contributed by atoms with Crippen molar-refractivity contribution in [1.29, 1.82) is 0 Å². The standard InChI is InChI=1S/C17H14N4OS/c22-17(21-14-2-4-15(23)5-3-14)6-1-12-9-18-8-7-16(12)13-10-19-20-11-13/h1-11,23H,(H,19,20)(H,21,22)/b6-1+. The molecule has 3 rings (SSSR count). The predicted molar refractivity (Wildman–Crippen MR) is 93.2 cm³/mol. The number of hydrogen-bond acceptors (Lipinski definition) is 4. The van der Waals surface area contributed by atoms with Crippen LogP contribution < -0.4 is 5.32 Å². The van der Waals surface area contributed by atoms with Crippen molar-refractivity contribution in [2.24, 2.45) is 0 Å². The molecule has 0 fully saturated rings. The number of benzene rings is 1. The Hall–Kier alpha value is -2.86. The summed E-state index contributed by atoms with van der Waals surface area (Å²) < 4.78 is 0. The van der Waals surface area contributed by atoms with Gasteiger partial charge >= 0.3 is 0 Å². The van der Waals surface area contributed by atoms with Gasteiger partial charge in [0, 0.05) is 46.4 Å². The second kappa shape index (κ2) is 6.93. The van der Waals surface area contributed by atoms with Crippen LogP contribution in [0.15, 0.2) is 66.1 Å². The van der Waals surface area contributed by atoms with Crippen molar-refractivity contribution < 1.29 is 4.79 Å². The van der Waals surface area contributed by atoms with E-state index in [0.29, 0.717) is 0 Å². The third kappa shape index (κ3) is 3.87. The van der Waals surface area contributed by atoms with Crippen molar-refractivity contribution in [2.45, 2.75) is 4.90 Å². The van der Waals surface area contributed by atoms with Crippen LogP contribution in [0.3, 0.4) is 0 Å². The summed E-state index contributed by atoms with van der Waals surface area (Å²) in [5, 5.41) is 9.52. The first-order chi connectivity index (χ1) is 11.2. The van der Waals surface area contributed by atoms with E-state index in [4.69, 9.17) is 0 Å². The zero-order valence-electron chi connectivity index (χ0n) is 12.1. The summed E-state index contributed by atoms with van der Waals surface area (Å²) >= 11 is 4.21. The number of rotatable bonds is 4. The lowest BCUT2D eigenvalue weighted by Crippen LogP contribution is -2.07. The van der Waals surface area contributed by atoms with Gasteiger partial charge in [0.15, 0.2) is 0 Å². The molecule has 0 bridgehead atoms. The second-order valence-corrected chi connectivity index (χ2v) is 5.34. The Morgan fingerprint density at radius 2 is 2.00 bits per heavy atom. The van der Waals surface area contributed by atoms with Crippen molar-refractivity contribution >= 4 is 30.3 Å². The van der Waals surface area contributed by atoms with E-state index in [1.54, 1.807) is 43.0 Å². The number of H-pyrrole nitrogens is 1. The van der Waals surface area contributed by atoms with Crippen LogP contribution in [-0.2, 0) is 4.79 Å². The number of aromatic nitrogens is 3. The van der Waals surface area contributed by atoms with Crippen LogP contribution in [0.5, 0.6) is 0 Å². The zero-order valence-corrected chi connectivity index (χ0v) is 13.0. The molecule has 0 unspecified atom stereocenters. The first kappa shape index (κ1) is 15.1. The van der Waals surface area contributed by atoms with Gasteiger partial charge in [-0.25, -0.2) is 0 Å². The summed E-state index contributed by atoms with van der Waals surface area (Å²) in [5.41, 5.74) is 3.46. The molecule has 0 aliphatic rings. The van der Waals surface area contributed by atoms with E-state index in [2.05, 4.69) is 33.1 Å². The minimum Gasteiger partial charge on any atom is -0.323 e. The van der Waals surface area contributed by atoms with E-state index in [-0.39, 0.29) is 5.91 Å². The molecule has 6 heteroatoms. The van der Waals surface area contributed by atoms with Crippen LogP contribution >= 0.6 is 12.6 Å². The molecule has 5 nitrogen and oxygen atoms in total. The van der Waals surface area contributed by atoms with E-state index in [0.717, 1.165) is 27.3 Å². The molecule has 0 saturated carbocycles. The number of pyridine rings is 1. The molecule has 0 aliphatic heterocycles. The number of hydrogen-bond donors (Lipinski definition) is 3. The fraction of sp³-hybridized carbons (Fsp3) is 0. The number of nitrogens with zero attached hydrogens (tertiary/aromatic N) is 2. The number of anilines is 1. The molecule has 23 heavy (non-hydrogen) atoms. The second-order valence-electron chi connectivity index (χ2n) is 4.82. The molecular weight excluding hydrogens is 308 g/mol. The van der Waals surface area contributed by atoms with E-state index in [9.17, 15) is 4.79 Å². The molecule has 2 N–H and O–H groups in total. The topological polar surface area (TPSA) is 70.7 Å². The number of aromatic amines is 1. The Morgan fingerprint density at radius 1 is 1.17 bits per heavy atom. The normalized spacial score (nSPS) is 10.8. The summed E-state index contributed by atoms with van der Waals surface area (Å²) in [5.74, 6) is -0.209. The fourth-order valence-electron chi connectivity index (χ4n) is 2.09. The Balaban J connectivity index is 1.75. The summed E-state index contributed by atoms with van der Waals surface area (Å²) in [6.45, 7) is 0. The van der Waals surface area contributed by atoms with Gasteiger partial charge in [-0.05, 0) is 42.0 Å². The molecule has 0 spiro atoms. The maximum atomic E-state index is 12.0. The SMILES string of the molecule is O=C(/C=C/c1cnccc1-c1cn[nH]c1)Nc1ccc(S)cc1. The molecule has 1 amide bonds. The van der Waals surface area contributed by atoms with Gasteiger partial charge in [0.2, 0.25) is 5.91 Å². The summed E-state index contributed by atoms with van der Waals surface area (Å²) in [6.07, 6.45) is 10.2. The molecule has 0 radical (unpaired) electrons.